The summed E-state index contributed by atoms with van der Waals surface area (Å²) >= 11 is 0. The Morgan fingerprint density at radius 1 is 1.20 bits per heavy atom. The van der Waals surface area contributed by atoms with Crippen LogP contribution in [-0.2, 0) is 14.9 Å². The van der Waals surface area contributed by atoms with Crippen LogP contribution in [0.5, 0.6) is 5.75 Å². The SMILES string of the molecule is COc1ccc2c(c1)[C@@]1(C)CCCC(C)(C)[C@@H]1C[C@H]2C(=O)OC(C)C. The molecule has 0 unspecified atom stereocenters. The van der Waals surface area contributed by atoms with Crippen LogP contribution < -0.4 is 4.74 Å². The Labute approximate surface area is 152 Å². The zero-order valence-electron chi connectivity index (χ0n) is 16.5. The summed E-state index contributed by atoms with van der Waals surface area (Å²) in [6, 6.07) is 6.23. The van der Waals surface area contributed by atoms with Gasteiger partial charge in [-0.05, 0) is 73.1 Å². The van der Waals surface area contributed by atoms with Gasteiger partial charge in [-0.25, -0.2) is 0 Å². The second-order valence-electron chi connectivity index (χ2n) is 9.04. The van der Waals surface area contributed by atoms with E-state index >= 15 is 0 Å². The zero-order chi connectivity index (χ0) is 18.4. The number of fused-ring (bicyclic) bond motifs is 3. The third kappa shape index (κ3) is 3.07. The van der Waals surface area contributed by atoms with Crippen LogP contribution >= 0.6 is 0 Å². The number of carbonyl (C=O) groups excluding carboxylic acids is 1. The van der Waals surface area contributed by atoms with Crippen molar-refractivity contribution >= 4 is 5.97 Å². The molecule has 1 aromatic rings. The van der Waals surface area contributed by atoms with Gasteiger partial charge in [0.05, 0.1) is 19.1 Å². The van der Waals surface area contributed by atoms with E-state index in [0.717, 1.165) is 17.7 Å². The highest BCUT2D eigenvalue weighted by Gasteiger charge is 2.53. The number of esters is 1. The molecular weight excluding hydrogens is 312 g/mol. The van der Waals surface area contributed by atoms with Gasteiger partial charge in [0.15, 0.2) is 0 Å². The smallest absolute Gasteiger partial charge is 0.313 e. The number of ether oxygens (including phenoxy) is 2. The summed E-state index contributed by atoms with van der Waals surface area (Å²) in [4.78, 5) is 12.9. The summed E-state index contributed by atoms with van der Waals surface area (Å²) in [6.07, 6.45) is 4.43. The fourth-order valence-corrected chi connectivity index (χ4v) is 5.38. The molecule has 0 aliphatic heterocycles. The standard InChI is InChI=1S/C22H32O3/c1-14(2)25-20(23)17-13-19-21(3,4)10-7-11-22(19,5)18-12-15(24-6)8-9-16(17)18/h8-9,12,14,17,19H,7,10-11,13H2,1-6H3/t17-,19+,22-/m1/s1. The Hall–Kier alpha value is -1.51. The molecule has 3 heteroatoms. The van der Waals surface area contributed by atoms with Gasteiger partial charge < -0.3 is 9.47 Å². The first-order valence-electron chi connectivity index (χ1n) is 9.58. The molecule has 2 aliphatic rings. The predicted molar refractivity (Wildman–Crippen MR) is 100 cm³/mol. The first-order chi connectivity index (χ1) is 11.7. The van der Waals surface area contributed by atoms with Gasteiger partial charge in [-0.3, -0.25) is 4.79 Å². The van der Waals surface area contributed by atoms with E-state index in [1.54, 1.807) is 7.11 Å². The van der Waals surface area contributed by atoms with Gasteiger partial charge in [-0.15, -0.1) is 0 Å². The second-order valence-corrected chi connectivity index (χ2v) is 9.04. The van der Waals surface area contributed by atoms with Gasteiger partial charge in [0.25, 0.3) is 0 Å². The van der Waals surface area contributed by atoms with Crippen molar-refractivity contribution in [2.75, 3.05) is 7.11 Å². The third-order valence-electron chi connectivity index (χ3n) is 6.59. The highest BCUT2D eigenvalue weighted by molar-refractivity contribution is 5.80. The van der Waals surface area contributed by atoms with Crippen molar-refractivity contribution in [2.45, 2.75) is 77.7 Å². The first kappa shape index (κ1) is 18.3. The van der Waals surface area contributed by atoms with Crippen molar-refractivity contribution in [3.63, 3.8) is 0 Å². The topological polar surface area (TPSA) is 35.5 Å². The quantitative estimate of drug-likeness (QED) is 0.705. The summed E-state index contributed by atoms with van der Waals surface area (Å²) in [5.41, 5.74) is 2.76. The van der Waals surface area contributed by atoms with Gasteiger partial charge in [0.1, 0.15) is 5.75 Å². The van der Waals surface area contributed by atoms with Crippen LogP contribution in [0.3, 0.4) is 0 Å². The van der Waals surface area contributed by atoms with Crippen molar-refractivity contribution < 1.29 is 14.3 Å². The summed E-state index contributed by atoms with van der Waals surface area (Å²) in [7, 11) is 1.71. The van der Waals surface area contributed by atoms with E-state index in [0.29, 0.717) is 5.92 Å². The normalized spacial score (nSPS) is 30.4. The maximum Gasteiger partial charge on any atom is 0.313 e. The van der Waals surface area contributed by atoms with E-state index < -0.39 is 0 Å². The second kappa shape index (κ2) is 6.34. The Balaban J connectivity index is 2.12. The minimum absolute atomic E-state index is 0.0789. The monoisotopic (exact) mass is 344 g/mol. The zero-order valence-corrected chi connectivity index (χ0v) is 16.5. The van der Waals surface area contributed by atoms with Gasteiger partial charge in [-0.1, -0.05) is 33.3 Å². The molecule has 2 aliphatic carbocycles. The average molecular weight is 344 g/mol. The first-order valence-corrected chi connectivity index (χ1v) is 9.58. The molecule has 0 heterocycles. The van der Waals surface area contributed by atoms with Crippen molar-refractivity contribution in [1.82, 2.24) is 0 Å². The minimum atomic E-state index is -0.168. The largest absolute Gasteiger partial charge is 0.497 e. The fourth-order valence-electron chi connectivity index (χ4n) is 5.38. The van der Waals surface area contributed by atoms with Crippen LogP contribution in [0.1, 0.15) is 77.3 Å². The average Bonchev–Trinajstić information content (AvgIpc) is 2.53. The van der Waals surface area contributed by atoms with Crippen LogP contribution in [-0.4, -0.2) is 19.2 Å². The molecule has 138 valence electrons. The van der Waals surface area contributed by atoms with E-state index in [1.807, 2.05) is 19.9 Å². The van der Waals surface area contributed by atoms with Crippen LogP contribution in [0, 0.1) is 11.3 Å². The van der Waals surface area contributed by atoms with Crippen molar-refractivity contribution in [3.8, 4) is 5.75 Å². The lowest BCUT2D eigenvalue weighted by Gasteiger charge is -2.55. The van der Waals surface area contributed by atoms with Crippen LogP contribution in [0.2, 0.25) is 0 Å². The Morgan fingerprint density at radius 2 is 1.92 bits per heavy atom. The number of hydrogen-bond donors (Lipinski definition) is 0. The summed E-state index contributed by atoms with van der Waals surface area (Å²) < 4.78 is 11.1. The molecule has 0 aromatic heterocycles. The number of methoxy groups -OCH3 is 1. The van der Waals surface area contributed by atoms with E-state index in [1.165, 1.54) is 24.8 Å². The van der Waals surface area contributed by atoms with Crippen molar-refractivity contribution in [1.29, 1.82) is 0 Å². The maximum atomic E-state index is 12.9. The number of hydrogen-bond acceptors (Lipinski definition) is 3. The number of benzene rings is 1. The highest BCUT2D eigenvalue weighted by atomic mass is 16.5. The summed E-state index contributed by atoms with van der Waals surface area (Å²) in [5, 5.41) is 0. The van der Waals surface area contributed by atoms with E-state index in [2.05, 4.69) is 32.9 Å². The molecule has 0 radical (unpaired) electrons. The Morgan fingerprint density at radius 3 is 2.56 bits per heavy atom. The van der Waals surface area contributed by atoms with Crippen molar-refractivity contribution in [2.24, 2.45) is 11.3 Å². The molecule has 0 saturated heterocycles. The molecule has 0 amide bonds. The molecular formula is C22H32O3. The molecule has 25 heavy (non-hydrogen) atoms. The highest BCUT2D eigenvalue weighted by Crippen LogP contribution is 2.60. The van der Waals surface area contributed by atoms with Crippen LogP contribution in [0.4, 0.5) is 0 Å². The van der Waals surface area contributed by atoms with Gasteiger partial charge in [0.2, 0.25) is 0 Å². The van der Waals surface area contributed by atoms with Gasteiger partial charge in [0, 0.05) is 0 Å². The lowest BCUT2D eigenvalue weighted by molar-refractivity contribution is -0.151. The molecule has 3 atom stereocenters. The lowest BCUT2D eigenvalue weighted by atomic mass is 9.49. The molecule has 0 spiro atoms. The molecule has 1 saturated carbocycles. The number of rotatable bonds is 3. The van der Waals surface area contributed by atoms with Gasteiger partial charge >= 0.3 is 5.97 Å². The van der Waals surface area contributed by atoms with Crippen LogP contribution in [0.25, 0.3) is 0 Å². The lowest BCUT2D eigenvalue weighted by Crippen LogP contribution is -2.49. The summed E-state index contributed by atoms with van der Waals surface area (Å²) in [5.74, 6) is 1.10. The van der Waals surface area contributed by atoms with E-state index in [4.69, 9.17) is 9.47 Å². The maximum absolute atomic E-state index is 12.9. The Bertz CT molecular complexity index is 661. The predicted octanol–water partition coefficient (Wildman–Crippen LogP) is 5.22. The molecule has 0 bridgehead atoms. The number of carbonyl (C=O) groups is 1. The molecule has 0 N–H and O–H groups in total. The minimum Gasteiger partial charge on any atom is -0.497 e. The fraction of sp³-hybridized carbons (Fsp3) is 0.682. The molecule has 3 nitrogen and oxygen atoms in total. The van der Waals surface area contributed by atoms with Crippen LogP contribution in [0.15, 0.2) is 18.2 Å². The molecule has 3 rings (SSSR count). The third-order valence-corrected chi connectivity index (χ3v) is 6.59. The molecule has 1 aromatic carbocycles. The van der Waals surface area contributed by atoms with E-state index in [-0.39, 0.29) is 28.8 Å². The Kier molecular flexibility index (Phi) is 4.63. The summed E-state index contributed by atoms with van der Waals surface area (Å²) in [6.45, 7) is 11.0. The molecule has 1 fully saturated rings. The van der Waals surface area contributed by atoms with Gasteiger partial charge in [-0.2, -0.15) is 0 Å². The van der Waals surface area contributed by atoms with Crippen molar-refractivity contribution in [3.05, 3.63) is 29.3 Å². The van der Waals surface area contributed by atoms with E-state index in [9.17, 15) is 4.79 Å².